The van der Waals surface area contributed by atoms with E-state index in [4.69, 9.17) is 0 Å². The molecule has 0 saturated carbocycles. The quantitative estimate of drug-likeness (QED) is 0.585. The Bertz CT molecular complexity index is 1160. The van der Waals surface area contributed by atoms with Gasteiger partial charge >= 0.3 is 0 Å². The molecule has 0 radical (unpaired) electrons. The molecule has 162 valence electrons. The second kappa shape index (κ2) is 9.35. The molecular formula is C25H28N2O3S. The molecule has 0 spiro atoms. The van der Waals surface area contributed by atoms with Crippen LogP contribution < -0.4 is 9.62 Å². The zero-order valence-corrected chi connectivity index (χ0v) is 19.1. The van der Waals surface area contributed by atoms with Crippen molar-refractivity contribution in [1.82, 2.24) is 5.32 Å². The Morgan fingerprint density at radius 3 is 2.13 bits per heavy atom. The van der Waals surface area contributed by atoms with E-state index >= 15 is 0 Å². The lowest BCUT2D eigenvalue weighted by Gasteiger charge is -2.25. The fourth-order valence-corrected chi connectivity index (χ4v) is 4.99. The smallest absolute Gasteiger partial charge is 0.264 e. The van der Waals surface area contributed by atoms with Crippen LogP contribution in [0.3, 0.4) is 0 Å². The van der Waals surface area contributed by atoms with Crippen LogP contribution in [0.25, 0.3) is 0 Å². The van der Waals surface area contributed by atoms with Gasteiger partial charge in [-0.3, -0.25) is 9.10 Å². The molecule has 0 aliphatic heterocycles. The normalized spacial score (nSPS) is 12.3. The van der Waals surface area contributed by atoms with Gasteiger partial charge in [0.1, 0.15) is 6.54 Å². The summed E-state index contributed by atoms with van der Waals surface area (Å²) in [4.78, 5) is 13.1. The van der Waals surface area contributed by atoms with E-state index in [1.54, 1.807) is 30.3 Å². The Hall–Kier alpha value is -3.12. The lowest BCUT2D eigenvalue weighted by Crippen LogP contribution is -2.41. The van der Waals surface area contributed by atoms with E-state index < -0.39 is 10.0 Å². The van der Waals surface area contributed by atoms with Crippen molar-refractivity contribution in [2.45, 2.75) is 38.6 Å². The number of benzene rings is 3. The first-order chi connectivity index (χ1) is 14.7. The van der Waals surface area contributed by atoms with Crippen LogP contribution in [0.15, 0.2) is 77.7 Å². The van der Waals surface area contributed by atoms with Crippen molar-refractivity contribution in [3.63, 3.8) is 0 Å². The Morgan fingerprint density at radius 2 is 1.52 bits per heavy atom. The van der Waals surface area contributed by atoms with Crippen LogP contribution >= 0.6 is 0 Å². The van der Waals surface area contributed by atoms with Crippen molar-refractivity contribution in [2.75, 3.05) is 10.8 Å². The van der Waals surface area contributed by atoms with Crippen LogP contribution in [0, 0.1) is 20.8 Å². The number of nitrogens with zero attached hydrogens (tertiary/aromatic N) is 1. The van der Waals surface area contributed by atoms with Crippen LogP contribution in [-0.4, -0.2) is 20.9 Å². The molecule has 6 heteroatoms. The number of anilines is 1. The minimum atomic E-state index is -3.90. The minimum absolute atomic E-state index is 0.144. The van der Waals surface area contributed by atoms with Crippen molar-refractivity contribution in [2.24, 2.45) is 0 Å². The van der Waals surface area contributed by atoms with E-state index in [0.29, 0.717) is 5.69 Å². The summed E-state index contributed by atoms with van der Waals surface area (Å²) >= 11 is 0. The van der Waals surface area contributed by atoms with E-state index in [2.05, 4.69) is 11.4 Å². The number of hydrogen-bond acceptors (Lipinski definition) is 3. The monoisotopic (exact) mass is 436 g/mol. The minimum Gasteiger partial charge on any atom is -0.348 e. The molecule has 3 rings (SSSR count). The maximum absolute atomic E-state index is 13.3. The number of nitrogens with one attached hydrogen (secondary N) is 1. The van der Waals surface area contributed by atoms with Gasteiger partial charge in [0, 0.05) is 0 Å². The first-order valence-electron chi connectivity index (χ1n) is 10.2. The topological polar surface area (TPSA) is 66.5 Å². The fourth-order valence-electron chi connectivity index (χ4n) is 3.55. The maximum atomic E-state index is 13.3. The van der Waals surface area contributed by atoms with Gasteiger partial charge in [0.15, 0.2) is 0 Å². The number of carbonyl (C=O) groups is 1. The standard InChI is InChI=1S/C25H28N2O3S/c1-18-10-13-22(14-11-18)27(31(29,30)23-8-6-5-7-9-23)17-25(28)26-21(4)24-15-12-19(2)16-20(24)3/h5-16,21H,17H2,1-4H3,(H,26,28). The number of amides is 1. The number of aryl methyl sites for hydroxylation is 3. The van der Waals surface area contributed by atoms with Crippen LogP contribution in [0.2, 0.25) is 0 Å². The molecule has 0 fully saturated rings. The predicted molar refractivity (Wildman–Crippen MR) is 125 cm³/mol. The van der Waals surface area contributed by atoms with Gasteiger partial charge in [-0.15, -0.1) is 0 Å². The second-order valence-electron chi connectivity index (χ2n) is 7.81. The molecule has 31 heavy (non-hydrogen) atoms. The van der Waals surface area contributed by atoms with E-state index in [-0.39, 0.29) is 23.4 Å². The summed E-state index contributed by atoms with van der Waals surface area (Å²) in [6.07, 6.45) is 0. The van der Waals surface area contributed by atoms with E-state index in [1.165, 1.54) is 12.1 Å². The lowest BCUT2D eigenvalue weighted by atomic mass is 10.0. The second-order valence-corrected chi connectivity index (χ2v) is 9.67. The molecule has 3 aromatic rings. The summed E-state index contributed by atoms with van der Waals surface area (Å²) in [5, 5.41) is 2.95. The Labute approximate surface area is 184 Å². The molecule has 0 aliphatic rings. The Morgan fingerprint density at radius 1 is 0.903 bits per heavy atom. The molecule has 1 N–H and O–H groups in total. The molecule has 0 heterocycles. The summed E-state index contributed by atoms with van der Waals surface area (Å²) in [6.45, 7) is 7.54. The van der Waals surface area contributed by atoms with Crippen LogP contribution in [0.5, 0.6) is 0 Å². The summed E-state index contributed by atoms with van der Waals surface area (Å²) in [7, 11) is -3.90. The van der Waals surface area contributed by atoms with Gasteiger partial charge in [-0.2, -0.15) is 0 Å². The largest absolute Gasteiger partial charge is 0.348 e. The molecule has 0 saturated heterocycles. The van der Waals surface area contributed by atoms with Gasteiger partial charge in [0.05, 0.1) is 16.6 Å². The van der Waals surface area contributed by atoms with Crippen molar-refractivity contribution in [1.29, 1.82) is 0 Å². The molecule has 1 unspecified atom stereocenters. The molecule has 0 aliphatic carbocycles. The van der Waals surface area contributed by atoms with Gasteiger partial charge in [-0.05, 0) is 63.1 Å². The van der Waals surface area contributed by atoms with Gasteiger partial charge in [-0.1, -0.05) is 59.7 Å². The molecule has 1 atom stereocenters. The highest BCUT2D eigenvalue weighted by Crippen LogP contribution is 2.24. The number of rotatable bonds is 7. The highest BCUT2D eigenvalue weighted by Gasteiger charge is 2.27. The van der Waals surface area contributed by atoms with E-state index in [0.717, 1.165) is 26.6 Å². The zero-order chi connectivity index (χ0) is 22.6. The van der Waals surface area contributed by atoms with Gasteiger partial charge in [-0.25, -0.2) is 8.42 Å². The third-order valence-corrected chi connectivity index (χ3v) is 7.00. The zero-order valence-electron chi connectivity index (χ0n) is 18.3. The first-order valence-corrected chi connectivity index (χ1v) is 11.6. The van der Waals surface area contributed by atoms with Crippen LogP contribution in [0.4, 0.5) is 5.69 Å². The van der Waals surface area contributed by atoms with Crippen molar-refractivity contribution in [3.8, 4) is 0 Å². The lowest BCUT2D eigenvalue weighted by molar-refractivity contribution is -0.120. The van der Waals surface area contributed by atoms with Crippen LogP contribution in [0.1, 0.15) is 35.2 Å². The highest BCUT2D eigenvalue weighted by molar-refractivity contribution is 7.92. The van der Waals surface area contributed by atoms with E-state index in [1.807, 2.05) is 52.0 Å². The third kappa shape index (κ3) is 5.33. The Balaban J connectivity index is 1.88. The SMILES string of the molecule is Cc1ccc(N(CC(=O)NC(C)c2ccc(C)cc2C)S(=O)(=O)c2ccccc2)cc1. The molecular weight excluding hydrogens is 408 g/mol. The molecule has 0 bridgehead atoms. The van der Waals surface area contributed by atoms with Gasteiger partial charge in [0.25, 0.3) is 10.0 Å². The van der Waals surface area contributed by atoms with Crippen molar-refractivity contribution in [3.05, 3.63) is 95.1 Å². The van der Waals surface area contributed by atoms with Crippen LogP contribution in [-0.2, 0) is 14.8 Å². The van der Waals surface area contributed by atoms with Crippen molar-refractivity contribution >= 4 is 21.6 Å². The van der Waals surface area contributed by atoms with Gasteiger partial charge in [0.2, 0.25) is 5.91 Å². The Kier molecular flexibility index (Phi) is 6.81. The first kappa shape index (κ1) is 22.6. The van der Waals surface area contributed by atoms with Gasteiger partial charge < -0.3 is 5.32 Å². The van der Waals surface area contributed by atoms with Crippen molar-refractivity contribution < 1.29 is 13.2 Å². The number of sulfonamides is 1. The highest BCUT2D eigenvalue weighted by atomic mass is 32.2. The summed E-state index contributed by atoms with van der Waals surface area (Å²) in [5.41, 5.74) is 4.70. The van der Waals surface area contributed by atoms with E-state index in [9.17, 15) is 13.2 Å². The molecule has 5 nitrogen and oxygen atoms in total. The number of carbonyl (C=O) groups excluding carboxylic acids is 1. The predicted octanol–water partition coefficient (Wildman–Crippen LogP) is 4.68. The number of hydrogen-bond donors (Lipinski definition) is 1. The average molecular weight is 437 g/mol. The molecule has 0 aromatic heterocycles. The third-order valence-electron chi connectivity index (χ3n) is 5.21. The fraction of sp³-hybridized carbons (Fsp3) is 0.240. The molecule has 1 amide bonds. The summed E-state index contributed by atoms with van der Waals surface area (Å²) < 4.78 is 27.9. The summed E-state index contributed by atoms with van der Waals surface area (Å²) in [5.74, 6) is -0.368. The summed E-state index contributed by atoms with van der Waals surface area (Å²) in [6, 6.07) is 21.1. The maximum Gasteiger partial charge on any atom is 0.264 e. The molecule has 3 aromatic carbocycles. The average Bonchev–Trinajstić information content (AvgIpc) is 2.73.